The highest BCUT2D eigenvalue weighted by Gasteiger charge is 2.51. The molecule has 3 N–H and O–H groups in total. The van der Waals surface area contributed by atoms with Crippen LogP contribution in [0.25, 0.3) is 0 Å². The van der Waals surface area contributed by atoms with Crippen LogP contribution in [-0.4, -0.2) is 63.7 Å². The van der Waals surface area contributed by atoms with Crippen LogP contribution < -0.4 is 16.0 Å². The molecule has 28 heavy (non-hydrogen) atoms. The summed E-state index contributed by atoms with van der Waals surface area (Å²) in [5.74, 6) is 0.530. The molecule has 0 aromatic heterocycles. The van der Waals surface area contributed by atoms with Crippen LogP contribution in [0.2, 0.25) is 0 Å². The van der Waals surface area contributed by atoms with Gasteiger partial charge in [-0.05, 0) is 49.8 Å². The first-order chi connectivity index (χ1) is 13.4. The number of fused-ring (bicyclic) bond motifs is 2. The van der Waals surface area contributed by atoms with E-state index in [2.05, 4.69) is 28.1 Å². The number of nitrogens with zero attached hydrogens (tertiary/aromatic N) is 1. The van der Waals surface area contributed by atoms with Gasteiger partial charge in [-0.1, -0.05) is 18.2 Å². The Balaban J connectivity index is 1.31. The number of amides is 1. The predicted molar refractivity (Wildman–Crippen MR) is 110 cm³/mol. The summed E-state index contributed by atoms with van der Waals surface area (Å²) in [6.45, 7) is 3.57. The molecule has 1 aromatic carbocycles. The molecule has 2 saturated heterocycles. The van der Waals surface area contributed by atoms with Crippen molar-refractivity contribution in [1.29, 1.82) is 0 Å². The van der Waals surface area contributed by atoms with Gasteiger partial charge in [-0.15, -0.1) is 0 Å². The molecule has 8 heteroatoms. The molecule has 4 rings (SSSR count). The lowest BCUT2D eigenvalue weighted by atomic mass is 9.75. The maximum atomic E-state index is 13.0. The Kier molecular flexibility index (Phi) is 5.37. The monoisotopic (exact) mass is 406 g/mol. The normalized spacial score (nSPS) is 28.2. The van der Waals surface area contributed by atoms with Gasteiger partial charge in [0.2, 0.25) is 15.9 Å². The molecular formula is C20H30N4O3S. The number of carbonyl (C=O) groups excluding carboxylic acids is 1. The molecule has 1 amide bonds. The highest BCUT2D eigenvalue weighted by Crippen LogP contribution is 2.45. The highest BCUT2D eigenvalue weighted by atomic mass is 32.2. The molecule has 2 fully saturated rings. The molecular weight excluding hydrogens is 376 g/mol. The van der Waals surface area contributed by atoms with Crippen LogP contribution >= 0.6 is 0 Å². The average molecular weight is 407 g/mol. The molecule has 154 valence electrons. The largest absolute Gasteiger partial charge is 0.373 e. The Morgan fingerprint density at radius 1 is 1.29 bits per heavy atom. The molecule has 1 spiro atoms. The highest BCUT2D eigenvalue weighted by molar-refractivity contribution is 7.88. The molecule has 2 atom stereocenters. The first kappa shape index (κ1) is 19.7. The number of nitrogens with one attached hydrogen (secondary N) is 3. The second-order valence-corrected chi connectivity index (χ2v) is 10.4. The van der Waals surface area contributed by atoms with E-state index in [1.54, 1.807) is 4.31 Å². The van der Waals surface area contributed by atoms with Crippen molar-refractivity contribution in [2.75, 3.05) is 44.3 Å². The zero-order chi connectivity index (χ0) is 19.8. The first-order valence-corrected chi connectivity index (χ1v) is 12.0. The second kappa shape index (κ2) is 7.65. The quantitative estimate of drug-likeness (QED) is 0.676. The SMILES string of the molecule is CS(=O)(=O)N1CCC(CCNC(=O)C2Nc3ccccc3C23CCNC3)CC1. The Morgan fingerprint density at radius 3 is 2.71 bits per heavy atom. The van der Waals surface area contributed by atoms with Crippen molar-refractivity contribution in [3.8, 4) is 0 Å². The molecule has 0 bridgehead atoms. The van der Waals surface area contributed by atoms with E-state index in [4.69, 9.17) is 0 Å². The molecule has 0 saturated carbocycles. The zero-order valence-electron chi connectivity index (χ0n) is 16.4. The van der Waals surface area contributed by atoms with Gasteiger partial charge in [0.1, 0.15) is 6.04 Å². The van der Waals surface area contributed by atoms with Crippen molar-refractivity contribution in [1.82, 2.24) is 14.9 Å². The van der Waals surface area contributed by atoms with E-state index in [0.717, 1.165) is 44.5 Å². The second-order valence-electron chi connectivity index (χ2n) is 8.39. The lowest BCUT2D eigenvalue weighted by Gasteiger charge is -2.31. The Labute approximate surface area is 167 Å². The predicted octanol–water partition coefficient (Wildman–Crippen LogP) is 0.890. The van der Waals surface area contributed by atoms with Gasteiger partial charge in [0.25, 0.3) is 0 Å². The van der Waals surface area contributed by atoms with E-state index in [-0.39, 0.29) is 17.4 Å². The van der Waals surface area contributed by atoms with E-state index in [1.807, 2.05) is 12.1 Å². The van der Waals surface area contributed by atoms with Gasteiger partial charge in [-0.3, -0.25) is 4.79 Å². The first-order valence-electron chi connectivity index (χ1n) is 10.2. The number of rotatable bonds is 5. The minimum Gasteiger partial charge on any atom is -0.373 e. The summed E-state index contributed by atoms with van der Waals surface area (Å²) in [7, 11) is -3.08. The number of hydrogen-bond donors (Lipinski definition) is 3. The smallest absolute Gasteiger partial charge is 0.243 e. The minimum atomic E-state index is -3.08. The third kappa shape index (κ3) is 3.65. The fourth-order valence-electron chi connectivity index (χ4n) is 5.03. The van der Waals surface area contributed by atoms with Gasteiger partial charge in [-0.25, -0.2) is 12.7 Å². The maximum Gasteiger partial charge on any atom is 0.243 e. The summed E-state index contributed by atoms with van der Waals surface area (Å²) < 4.78 is 24.8. The van der Waals surface area contributed by atoms with Crippen LogP contribution in [0, 0.1) is 5.92 Å². The summed E-state index contributed by atoms with van der Waals surface area (Å²) in [6, 6.07) is 8.00. The third-order valence-corrected chi connectivity index (χ3v) is 7.96. The van der Waals surface area contributed by atoms with E-state index < -0.39 is 10.0 Å². The summed E-state index contributed by atoms with van der Waals surface area (Å²) in [4.78, 5) is 13.0. The van der Waals surface area contributed by atoms with E-state index in [1.165, 1.54) is 11.8 Å². The lowest BCUT2D eigenvalue weighted by Crippen LogP contribution is -2.51. The van der Waals surface area contributed by atoms with Gasteiger partial charge in [-0.2, -0.15) is 0 Å². The van der Waals surface area contributed by atoms with Crippen LogP contribution in [0.1, 0.15) is 31.2 Å². The van der Waals surface area contributed by atoms with Gasteiger partial charge in [0, 0.05) is 37.3 Å². The molecule has 2 unspecified atom stereocenters. The number of benzene rings is 1. The van der Waals surface area contributed by atoms with Crippen molar-refractivity contribution >= 4 is 21.6 Å². The number of sulfonamides is 1. The zero-order valence-corrected chi connectivity index (χ0v) is 17.2. The number of para-hydroxylation sites is 1. The molecule has 7 nitrogen and oxygen atoms in total. The molecule has 0 radical (unpaired) electrons. The fourth-order valence-corrected chi connectivity index (χ4v) is 5.90. The van der Waals surface area contributed by atoms with Gasteiger partial charge < -0.3 is 16.0 Å². The van der Waals surface area contributed by atoms with Crippen molar-refractivity contribution in [3.63, 3.8) is 0 Å². The van der Waals surface area contributed by atoms with Crippen LogP contribution in [0.5, 0.6) is 0 Å². The summed E-state index contributed by atoms with van der Waals surface area (Å²) in [6.07, 6.45) is 4.86. The van der Waals surface area contributed by atoms with Gasteiger partial charge in [0.15, 0.2) is 0 Å². The average Bonchev–Trinajstić information content (AvgIpc) is 3.28. The lowest BCUT2D eigenvalue weighted by molar-refractivity contribution is -0.123. The molecule has 1 aromatic rings. The van der Waals surface area contributed by atoms with E-state index in [9.17, 15) is 13.2 Å². The molecule has 3 heterocycles. The number of piperidine rings is 1. The van der Waals surface area contributed by atoms with Crippen molar-refractivity contribution in [2.24, 2.45) is 5.92 Å². The Hall–Kier alpha value is -1.64. The van der Waals surface area contributed by atoms with Crippen LogP contribution in [0.3, 0.4) is 0 Å². The van der Waals surface area contributed by atoms with Crippen molar-refractivity contribution in [3.05, 3.63) is 29.8 Å². The van der Waals surface area contributed by atoms with Gasteiger partial charge >= 0.3 is 0 Å². The number of hydrogen-bond acceptors (Lipinski definition) is 5. The summed E-state index contributed by atoms with van der Waals surface area (Å²) in [5.41, 5.74) is 2.15. The van der Waals surface area contributed by atoms with E-state index >= 15 is 0 Å². The number of carbonyl (C=O) groups is 1. The summed E-state index contributed by atoms with van der Waals surface area (Å²) in [5, 5.41) is 10.0. The van der Waals surface area contributed by atoms with Crippen LogP contribution in [-0.2, 0) is 20.2 Å². The third-order valence-electron chi connectivity index (χ3n) is 6.66. The van der Waals surface area contributed by atoms with Crippen LogP contribution in [0.4, 0.5) is 5.69 Å². The molecule has 3 aliphatic heterocycles. The van der Waals surface area contributed by atoms with E-state index in [0.29, 0.717) is 25.6 Å². The minimum absolute atomic E-state index is 0.0634. The number of anilines is 1. The standard InChI is InChI=1S/C20H30N4O3S/c1-28(26,27)24-12-7-15(8-13-24)6-10-22-19(25)18-20(9-11-21-14-20)16-4-2-3-5-17(16)23-18/h2-5,15,18,21,23H,6-14H2,1H3,(H,22,25). The molecule has 3 aliphatic rings. The Bertz CT molecular complexity index is 828. The maximum absolute atomic E-state index is 13.0. The Morgan fingerprint density at radius 2 is 2.04 bits per heavy atom. The topological polar surface area (TPSA) is 90.5 Å². The van der Waals surface area contributed by atoms with Gasteiger partial charge in [0.05, 0.1) is 6.26 Å². The van der Waals surface area contributed by atoms with Crippen molar-refractivity contribution < 1.29 is 13.2 Å². The van der Waals surface area contributed by atoms with Crippen molar-refractivity contribution in [2.45, 2.75) is 37.1 Å². The molecule has 0 aliphatic carbocycles. The summed E-state index contributed by atoms with van der Waals surface area (Å²) >= 11 is 0. The van der Waals surface area contributed by atoms with Crippen LogP contribution in [0.15, 0.2) is 24.3 Å². The fraction of sp³-hybridized carbons (Fsp3) is 0.650.